The van der Waals surface area contributed by atoms with E-state index < -0.39 is 0 Å². The van der Waals surface area contributed by atoms with Gasteiger partial charge in [0.05, 0.1) is 11.2 Å². The molecule has 0 amide bonds. The number of hydrogen-bond acceptors (Lipinski definition) is 1. The highest BCUT2D eigenvalue weighted by atomic mass is 16.5. The van der Waals surface area contributed by atoms with Crippen molar-refractivity contribution in [2.75, 3.05) is 0 Å². The highest BCUT2D eigenvalue weighted by Gasteiger charge is 2.45. The number of hydrogen-bond donors (Lipinski definition) is 1. The Kier molecular flexibility index (Phi) is 2.36. The third-order valence-corrected chi connectivity index (χ3v) is 5.03. The highest BCUT2D eigenvalue weighted by Crippen LogP contribution is 2.54. The molecule has 0 radical (unpaired) electrons. The molecule has 0 spiro atoms. The van der Waals surface area contributed by atoms with Crippen LogP contribution in [0.4, 0.5) is 0 Å². The molecule has 1 aliphatic rings. The maximum atomic E-state index is 10.6. The fourth-order valence-corrected chi connectivity index (χ4v) is 4.10. The lowest BCUT2D eigenvalue weighted by Gasteiger charge is -2.45. The molecule has 2 heteroatoms. The SMILES string of the molecule is CC1c2c(n(O)c3ccccc23)C(C)(C)CC1(C)C. The van der Waals surface area contributed by atoms with Gasteiger partial charge in [0.2, 0.25) is 0 Å². The molecule has 102 valence electrons. The van der Waals surface area contributed by atoms with Crippen molar-refractivity contribution in [3.05, 3.63) is 35.5 Å². The third-order valence-electron chi connectivity index (χ3n) is 5.03. The van der Waals surface area contributed by atoms with E-state index in [1.54, 1.807) is 0 Å². The smallest absolute Gasteiger partial charge is 0.0872 e. The van der Waals surface area contributed by atoms with Gasteiger partial charge in [0, 0.05) is 10.8 Å². The van der Waals surface area contributed by atoms with E-state index in [0.717, 1.165) is 17.6 Å². The molecular formula is C17H23NO. The Balaban J connectivity index is 2.44. The summed E-state index contributed by atoms with van der Waals surface area (Å²) >= 11 is 0. The monoisotopic (exact) mass is 257 g/mol. The summed E-state index contributed by atoms with van der Waals surface area (Å²) < 4.78 is 1.43. The van der Waals surface area contributed by atoms with Gasteiger partial charge in [-0.3, -0.25) is 0 Å². The van der Waals surface area contributed by atoms with Crippen LogP contribution in [0.3, 0.4) is 0 Å². The lowest BCUT2D eigenvalue weighted by Crippen LogP contribution is -2.38. The molecule has 1 aromatic carbocycles. The topological polar surface area (TPSA) is 25.2 Å². The Bertz CT molecular complexity index is 649. The molecule has 19 heavy (non-hydrogen) atoms. The standard InChI is InChI=1S/C17H23NO/c1-11-14-12-8-6-7-9-13(12)18(19)15(14)17(4,5)10-16(11,2)3/h6-9,11,19H,10H2,1-5H3. The van der Waals surface area contributed by atoms with Crippen LogP contribution in [-0.4, -0.2) is 9.94 Å². The van der Waals surface area contributed by atoms with Gasteiger partial charge in [0.15, 0.2) is 0 Å². The van der Waals surface area contributed by atoms with Gasteiger partial charge in [-0.1, -0.05) is 52.8 Å². The number of para-hydroxylation sites is 1. The summed E-state index contributed by atoms with van der Waals surface area (Å²) in [5, 5.41) is 11.8. The summed E-state index contributed by atoms with van der Waals surface area (Å²) in [7, 11) is 0. The van der Waals surface area contributed by atoms with E-state index in [1.807, 2.05) is 12.1 Å². The zero-order valence-electron chi connectivity index (χ0n) is 12.5. The van der Waals surface area contributed by atoms with Crippen LogP contribution in [0.2, 0.25) is 0 Å². The second-order valence-corrected chi connectivity index (χ2v) is 7.36. The van der Waals surface area contributed by atoms with Gasteiger partial charge < -0.3 is 5.21 Å². The minimum absolute atomic E-state index is 0.000880. The molecule has 2 aromatic rings. The number of nitrogens with zero attached hydrogens (tertiary/aromatic N) is 1. The first-order valence-corrected chi connectivity index (χ1v) is 7.09. The van der Waals surface area contributed by atoms with Gasteiger partial charge in [-0.05, 0) is 29.4 Å². The maximum absolute atomic E-state index is 10.6. The number of aromatic nitrogens is 1. The maximum Gasteiger partial charge on any atom is 0.0872 e. The van der Waals surface area contributed by atoms with Crippen LogP contribution in [0.5, 0.6) is 0 Å². The minimum Gasteiger partial charge on any atom is -0.428 e. The molecule has 0 aliphatic heterocycles. The van der Waals surface area contributed by atoms with E-state index >= 15 is 0 Å². The van der Waals surface area contributed by atoms with Crippen molar-refractivity contribution in [1.29, 1.82) is 0 Å². The molecule has 1 N–H and O–H groups in total. The quantitative estimate of drug-likeness (QED) is 0.680. The fraction of sp³-hybridized carbons (Fsp3) is 0.529. The first-order valence-electron chi connectivity index (χ1n) is 7.09. The van der Waals surface area contributed by atoms with Crippen LogP contribution in [0, 0.1) is 5.41 Å². The second-order valence-electron chi connectivity index (χ2n) is 7.36. The molecule has 3 rings (SSSR count). The predicted molar refractivity (Wildman–Crippen MR) is 79.0 cm³/mol. The third kappa shape index (κ3) is 1.55. The van der Waals surface area contributed by atoms with Crippen LogP contribution >= 0.6 is 0 Å². The number of rotatable bonds is 0. The Morgan fingerprint density at radius 3 is 2.47 bits per heavy atom. The first kappa shape index (κ1) is 12.6. The summed E-state index contributed by atoms with van der Waals surface area (Å²) in [6.07, 6.45) is 1.09. The van der Waals surface area contributed by atoms with Crippen LogP contribution in [-0.2, 0) is 5.41 Å². The van der Waals surface area contributed by atoms with Gasteiger partial charge >= 0.3 is 0 Å². The molecule has 1 aliphatic carbocycles. The van der Waals surface area contributed by atoms with E-state index in [9.17, 15) is 5.21 Å². The van der Waals surface area contributed by atoms with Crippen molar-refractivity contribution in [2.24, 2.45) is 5.41 Å². The average molecular weight is 257 g/mol. The largest absolute Gasteiger partial charge is 0.428 e. The van der Waals surface area contributed by atoms with Gasteiger partial charge in [0.25, 0.3) is 0 Å². The van der Waals surface area contributed by atoms with E-state index in [0.29, 0.717) is 5.92 Å². The summed E-state index contributed by atoms with van der Waals surface area (Å²) in [6, 6.07) is 8.19. The van der Waals surface area contributed by atoms with Crippen LogP contribution in [0.25, 0.3) is 10.9 Å². The van der Waals surface area contributed by atoms with Crippen molar-refractivity contribution >= 4 is 10.9 Å². The molecule has 0 fully saturated rings. The fourth-order valence-electron chi connectivity index (χ4n) is 4.10. The minimum atomic E-state index is -0.000880. The van der Waals surface area contributed by atoms with E-state index in [2.05, 4.69) is 46.8 Å². The van der Waals surface area contributed by atoms with Gasteiger partial charge in [-0.15, -0.1) is 0 Å². The summed E-state index contributed by atoms with van der Waals surface area (Å²) in [5.41, 5.74) is 3.62. The van der Waals surface area contributed by atoms with Crippen molar-refractivity contribution in [3.8, 4) is 0 Å². The lowest BCUT2D eigenvalue weighted by atomic mass is 9.60. The van der Waals surface area contributed by atoms with Gasteiger partial charge in [0.1, 0.15) is 0 Å². The van der Waals surface area contributed by atoms with Crippen molar-refractivity contribution < 1.29 is 5.21 Å². The molecule has 1 atom stereocenters. The highest BCUT2D eigenvalue weighted by molar-refractivity contribution is 5.86. The summed E-state index contributed by atoms with van der Waals surface area (Å²) in [5.74, 6) is 0.453. The van der Waals surface area contributed by atoms with E-state index in [4.69, 9.17) is 0 Å². The van der Waals surface area contributed by atoms with E-state index in [-0.39, 0.29) is 10.8 Å². The molecule has 1 aromatic heterocycles. The molecular weight excluding hydrogens is 234 g/mol. The van der Waals surface area contributed by atoms with Crippen LogP contribution in [0.15, 0.2) is 24.3 Å². The average Bonchev–Trinajstić information content (AvgIpc) is 2.61. The van der Waals surface area contributed by atoms with Gasteiger partial charge in [-0.2, -0.15) is 4.73 Å². The number of benzene rings is 1. The zero-order chi connectivity index (χ0) is 14.0. The summed E-state index contributed by atoms with van der Waals surface area (Å²) in [4.78, 5) is 0. The lowest BCUT2D eigenvalue weighted by molar-refractivity contribution is 0.135. The van der Waals surface area contributed by atoms with Crippen LogP contribution < -0.4 is 0 Å². The normalized spacial score (nSPS) is 24.4. The molecule has 0 saturated carbocycles. The van der Waals surface area contributed by atoms with Gasteiger partial charge in [-0.25, -0.2) is 0 Å². The molecule has 1 unspecified atom stereocenters. The molecule has 1 heterocycles. The van der Waals surface area contributed by atoms with Crippen molar-refractivity contribution in [1.82, 2.24) is 4.73 Å². The zero-order valence-corrected chi connectivity index (χ0v) is 12.5. The molecule has 2 nitrogen and oxygen atoms in total. The Morgan fingerprint density at radius 2 is 1.79 bits per heavy atom. The van der Waals surface area contributed by atoms with E-state index in [1.165, 1.54) is 15.7 Å². The molecule has 0 bridgehead atoms. The first-order chi connectivity index (χ1) is 8.76. The Hall–Kier alpha value is -1.44. The van der Waals surface area contributed by atoms with Crippen molar-refractivity contribution in [3.63, 3.8) is 0 Å². The van der Waals surface area contributed by atoms with Crippen LogP contribution in [0.1, 0.15) is 58.2 Å². The molecule has 0 saturated heterocycles. The Labute approximate surface area is 115 Å². The predicted octanol–water partition coefficient (Wildman–Crippen LogP) is 4.69. The second kappa shape index (κ2) is 3.56. The number of fused-ring (bicyclic) bond motifs is 3. The van der Waals surface area contributed by atoms with Crippen molar-refractivity contribution in [2.45, 2.75) is 52.4 Å². The summed E-state index contributed by atoms with van der Waals surface area (Å²) in [6.45, 7) is 11.5. The Morgan fingerprint density at radius 1 is 1.16 bits per heavy atom.